The van der Waals surface area contributed by atoms with E-state index >= 15 is 0 Å². The molecule has 1 spiro atoms. The smallest absolute Gasteiger partial charge is 0.193 e. The second-order valence-corrected chi connectivity index (χ2v) is 7.20. The van der Waals surface area contributed by atoms with Gasteiger partial charge in [0.25, 0.3) is 0 Å². The quantitative estimate of drug-likeness (QED) is 0.459. The summed E-state index contributed by atoms with van der Waals surface area (Å²) in [6.45, 7) is 6.17. The molecular formula is C20H31N3O3. The largest absolute Gasteiger partial charge is 0.497 e. The second-order valence-electron chi connectivity index (χ2n) is 7.20. The molecule has 2 aliphatic heterocycles. The minimum Gasteiger partial charge on any atom is -0.497 e. The van der Waals surface area contributed by atoms with Crippen LogP contribution in [0.3, 0.4) is 0 Å². The van der Waals surface area contributed by atoms with Crippen molar-refractivity contribution in [2.75, 3.05) is 53.6 Å². The molecule has 144 valence electrons. The molecule has 26 heavy (non-hydrogen) atoms. The number of aliphatic imine (C=N–C) groups is 1. The lowest BCUT2D eigenvalue weighted by molar-refractivity contribution is 0.119. The van der Waals surface area contributed by atoms with Gasteiger partial charge < -0.3 is 24.4 Å². The van der Waals surface area contributed by atoms with Gasteiger partial charge in [-0.1, -0.05) is 12.1 Å². The Morgan fingerprint density at radius 3 is 2.85 bits per heavy atom. The summed E-state index contributed by atoms with van der Waals surface area (Å²) in [6.07, 6.45) is 3.34. The number of rotatable bonds is 7. The standard InChI is InChI=1S/C20H31N3O3/c1-21-19(23-11-8-20(15-23)9-13-26-16-20)22-10-3-12-25-14-17-4-6-18(24-2)7-5-17/h4-7H,3,8-16H2,1-2H3,(H,21,22). The van der Waals surface area contributed by atoms with Crippen molar-refractivity contribution in [3.63, 3.8) is 0 Å². The Morgan fingerprint density at radius 2 is 2.15 bits per heavy atom. The summed E-state index contributed by atoms with van der Waals surface area (Å²) in [7, 11) is 3.54. The number of benzene rings is 1. The summed E-state index contributed by atoms with van der Waals surface area (Å²) < 4.78 is 16.5. The van der Waals surface area contributed by atoms with Gasteiger partial charge in [0, 0.05) is 45.3 Å². The average molecular weight is 361 g/mol. The number of methoxy groups -OCH3 is 1. The average Bonchev–Trinajstić information content (AvgIpc) is 3.31. The molecule has 0 amide bonds. The third-order valence-corrected chi connectivity index (χ3v) is 5.31. The van der Waals surface area contributed by atoms with Crippen LogP contribution in [0.1, 0.15) is 24.8 Å². The van der Waals surface area contributed by atoms with Crippen LogP contribution in [0.2, 0.25) is 0 Å². The normalized spacial score (nSPS) is 23.0. The van der Waals surface area contributed by atoms with Gasteiger partial charge in [-0.3, -0.25) is 4.99 Å². The van der Waals surface area contributed by atoms with Gasteiger partial charge in [-0.05, 0) is 37.0 Å². The minimum absolute atomic E-state index is 0.360. The van der Waals surface area contributed by atoms with Crippen molar-refractivity contribution < 1.29 is 14.2 Å². The van der Waals surface area contributed by atoms with Gasteiger partial charge >= 0.3 is 0 Å². The fraction of sp³-hybridized carbons (Fsp3) is 0.650. The number of guanidine groups is 1. The van der Waals surface area contributed by atoms with Gasteiger partial charge in [0.15, 0.2) is 5.96 Å². The highest BCUT2D eigenvalue weighted by atomic mass is 16.5. The number of nitrogens with zero attached hydrogens (tertiary/aromatic N) is 2. The summed E-state index contributed by atoms with van der Waals surface area (Å²) in [5, 5.41) is 3.47. The molecule has 1 N–H and O–H groups in total. The van der Waals surface area contributed by atoms with Crippen LogP contribution in [0.25, 0.3) is 0 Å². The zero-order valence-corrected chi connectivity index (χ0v) is 16.0. The molecule has 1 unspecified atom stereocenters. The molecule has 0 bridgehead atoms. The van der Waals surface area contributed by atoms with E-state index in [1.54, 1.807) is 7.11 Å². The van der Waals surface area contributed by atoms with Gasteiger partial charge in [0.1, 0.15) is 5.75 Å². The molecule has 6 nitrogen and oxygen atoms in total. The number of hydrogen-bond donors (Lipinski definition) is 1. The predicted octanol–water partition coefficient (Wildman–Crippen LogP) is 2.29. The fourth-order valence-electron chi connectivity index (χ4n) is 3.71. The molecular weight excluding hydrogens is 330 g/mol. The van der Waals surface area contributed by atoms with Crippen molar-refractivity contribution in [3.05, 3.63) is 29.8 Å². The molecule has 0 radical (unpaired) electrons. The van der Waals surface area contributed by atoms with Gasteiger partial charge in [0.2, 0.25) is 0 Å². The zero-order chi connectivity index (χ0) is 18.2. The van der Waals surface area contributed by atoms with Crippen LogP contribution in [-0.2, 0) is 16.1 Å². The summed E-state index contributed by atoms with van der Waals surface area (Å²) in [4.78, 5) is 6.81. The first-order valence-electron chi connectivity index (χ1n) is 9.49. The molecule has 1 aromatic carbocycles. The SMILES string of the molecule is CN=C(NCCCOCc1ccc(OC)cc1)N1CCC2(CCOC2)C1. The fourth-order valence-corrected chi connectivity index (χ4v) is 3.71. The molecule has 0 saturated carbocycles. The van der Waals surface area contributed by atoms with E-state index in [9.17, 15) is 0 Å². The Bertz CT molecular complexity index is 582. The van der Waals surface area contributed by atoms with E-state index in [0.29, 0.717) is 12.0 Å². The van der Waals surface area contributed by atoms with Crippen LogP contribution in [0, 0.1) is 5.41 Å². The first-order valence-corrected chi connectivity index (χ1v) is 9.49. The van der Waals surface area contributed by atoms with Gasteiger partial charge in [0.05, 0.1) is 20.3 Å². The highest BCUT2D eigenvalue weighted by Gasteiger charge is 2.42. The van der Waals surface area contributed by atoms with E-state index in [0.717, 1.165) is 63.1 Å². The van der Waals surface area contributed by atoms with E-state index in [2.05, 4.69) is 15.2 Å². The number of hydrogen-bond acceptors (Lipinski definition) is 4. The summed E-state index contributed by atoms with van der Waals surface area (Å²) in [5.41, 5.74) is 1.52. The van der Waals surface area contributed by atoms with Crippen molar-refractivity contribution in [2.24, 2.45) is 10.4 Å². The number of nitrogens with one attached hydrogen (secondary N) is 1. The van der Waals surface area contributed by atoms with Crippen molar-refractivity contribution in [1.82, 2.24) is 10.2 Å². The minimum atomic E-state index is 0.360. The Morgan fingerprint density at radius 1 is 1.31 bits per heavy atom. The summed E-state index contributed by atoms with van der Waals surface area (Å²) >= 11 is 0. The molecule has 1 atom stereocenters. The molecule has 0 aliphatic carbocycles. The molecule has 3 rings (SSSR count). The maximum atomic E-state index is 5.76. The third kappa shape index (κ3) is 4.89. The molecule has 0 aromatic heterocycles. The van der Waals surface area contributed by atoms with Crippen LogP contribution in [0.15, 0.2) is 29.3 Å². The van der Waals surface area contributed by atoms with E-state index in [-0.39, 0.29) is 0 Å². The molecule has 2 fully saturated rings. The van der Waals surface area contributed by atoms with E-state index in [1.165, 1.54) is 12.8 Å². The monoisotopic (exact) mass is 361 g/mol. The maximum absolute atomic E-state index is 5.76. The lowest BCUT2D eigenvalue weighted by atomic mass is 9.87. The lowest BCUT2D eigenvalue weighted by Gasteiger charge is -2.24. The van der Waals surface area contributed by atoms with Gasteiger partial charge in [-0.15, -0.1) is 0 Å². The van der Waals surface area contributed by atoms with Crippen LogP contribution < -0.4 is 10.1 Å². The Balaban J connectivity index is 1.31. The second kappa shape index (κ2) is 9.24. The van der Waals surface area contributed by atoms with Gasteiger partial charge in [-0.25, -0.2) is 0 Å². The van der Waals surface area contributed by atoms with E-state index in [1.807, 2.05) is 31.3 Å². The van der Waals surface area contributed by atoms with Crippen molar-refractivity contribution >= 4 is 5.96 Å². The summed E-state index contributed by atoms with van der Waals surface area (Å²) in [6, 6.07) is 7.99. The number of likely N-dealkylation sites (tertiary alicyclic amines) is 1. The Labute approximate surface area is 156 Å². The van der Waals surface area contributed by atoms with Crippen LogP contribution >= 0.6 is 0 Å². The van der Waals surface area contributed by atoms with Gasteiger partial charge in [-0.2, -0.15) is 0 Å². The Kier molecular flexibility index (Phi) is 6.74. The van der Waals surface area contributed by atoms with Crippen molar-refractivity contribution in [3.8, 4) is 5.75 Å². The lowest BCUT2D eigenvalue weighted by Crippen LogP contribution is -2.42. The molecule has 2 heterocycles. The molecule has 2 saturated heterocycles. The van der Waals surface area contributed by atoms with Crippen LogP contribution in [0.5, 0.6) is 5.75 Å². The van der Waals surface area contributed by atoms with Crippen LogP contribution in [0.4, 0.5) is 0 Å². The van der Waals surface area contributed by atoms with Crippen molar-refractivity contribution in [1.29, 1.82) is 0 Å². The maximum Gasteiger partial charge on any atom is 0.193 e. The van der Waals surface area contributed by atoms with Crippen LogP contribution in [-0.4, -0.2) is 64.5 Å². The first-order chi connectivity index (χ1) is 12.7. The summed E-state index contributed by atoms with van der Waals surface area (Å²) in [5.74, 6) is 1.88. The van der Waals surface area contributed by atoms with Crippen molar-refractivity contribution in [2.45, 2.75) is 25.9 Å². The van der Waals surface area contributed by atoms with E-state index < -0.39 is 0 Å². The Hall–Kier alpha value is -1.79. The first kappa shape index (κ1) is 19.0. The van der Waals surface area contributed by atoms with E-state index in [4.69, 9.17) is 14.2 Å². The molecule has 1 aromatic rings. The zero-order valence-electron chi connectivity index (χ0n) is 16.0. The molecule has 2 aliphatic rings. The topological polar surface area (TPSA) is 55.3 Å². The highest BCUT2D eigenvalue weighted by Crippen LogP contribution is 2.38. The third-order valence-electron chi connectivity index (χ3n) is 5.31. The highest BCUT2D eigenvalue weighted by molar-refractivity contribution is 5.80. The molecule has 6 heteroatoms. The number of ether oxygens (including phenoxy) is 3. The predicted molar refractivity (Wildman–Crippen MR) is 103 cm³/mol.